The number of nitrogens with two attached hydrogens (primary N) is 1. The molecular weight excluding hydrogens is 2170 g/mol. The molecule has 0 aliphatic carbocycles. The maximum absolute atomic E-state index is 11.6. The van der Waals surface area contributed by atoms with Crippen LogP contribution in [0, 0.1) is 0 Å². The van der Waals surface area contributed by atoms with E-state index in [4.69, 9.17) is 107 Å². The second-order valence-electron chi connectivity index (χ2n) is 29.3. The van der Waals surface area contributed by atoms with E-state index in [1.54, 1.807) is 72.8 Å². The third-order valence-electron chi connectivity index (χ3n) is 20.9. The Morgan fingerprint density at radius 3 is 0.556 bits per heavy atom. The van der Waals surface area contributed by atoms with Gasteiger partial charge in [-0.25, -0.2) is 4.79 Å². The number of hydrogen-bond donors (Lipinski definition) is 3. The molecule has 0 spiro atoms. The molecule has 780 valence electrons. The number of nitrogens with zero attached hydrogens (tertiary/aromatic N) is 24. The zero-order valence-corrected chi connectivity index (χ0v) is 93.8. The number of rotatable bonds is 40. The van der Waals surface area contributed by atoms with Gasteiger partial charge < -0.3 is 156 Å². The fraction of sp³-hybridized carbons (Fsp3) is 0.327. The Kier molecular flexibility index (Phi) is 66.3. The van der Waals surface area contributed by atoms with E-state index in [1.165, 1.54) is 19.1 Å². The summed E-state index contributed by atoms with van der Waals surface area (Å²) in [6, 6.07) is 65.7. The van der Waals surface area contributed by atoms with Crippen LogP contribution < -0.4 is 11.1 Å². The second kappa shape index (κ2) is 73.0. The number of amides is 2. The molecule has 8 aromatic rings. The molecule has 0 aliphatic heterocycles. The summed E-state index contributed by atoms with van der Waals surface area (Å²) in [7, 11) is 0. The third kappa shape index (κ3) is 42.8. The molecule has 0 saturated heterocycles. The van der Waals surface area contributed by atoms with Crippen LogP contribution >= 0.6 is 0 Å². The zero-order chi connectivity index (χ0) is 103. The normalized spacial score (nSPS) is 12.6. The van der Waals surface area contributed by atoms with Crippen molar-refractivity contribution in [2.75, 3.05) is 110 Å². The van der Waals surface area contributed by atoms with Gasteiger partial charge in [-0.15, -0.1) is 40.8 Å². The van der Waals surface area contributed by atoms with Crippen molar-refractivity contribution in [1.82, 2.24) is 39.2 Å². The number of carbonyl (C=O) groups excluding carboxylic acids is 3. The van der Waals surface area contributed by atoms with Gasteiger partial charge in [0.25, 0.3) is 0 Å². The molecule has 0 fully saturated rings. The van der Waals surface area contributed by atoms with Crippen molar-refractivity contribution >= 4 is 218 Å². The predicted octanol–water partition coefficient (Wildman–Crippen LogP) is 15.7. The molecule has 4 radical (unpaired) electrons. The molecule has 2 amide bonds. The van der Waals surface area contributed by atoms with Crippen molar-refractivity contribution in [3.8, 4) is 0 Å². The zero-order valence-electron chi connectivity index (χ0n) is 83.5. The van der Waals surface area contributed by atoms with Crippen molar-refractivity contribution in [2.24, 2.45) is 87.4 Å². The molecule has 0 saturated carbocycles. The molecule has 0 bridgehead atoms. The first-order chi connectivity index (χ1) is 67.5. The first-order valence-corrected chi connectivity index (χ1v) is 49.3. The summed E-state index contributed by atoms with van der Waals surface area (Å²) in [6.07, 6.45) is 0.796. The first-order valence-electron chi connectivity index (χ1n) is 46.1. The van der Waals surface area contributed by atoms with E-state index in [9.17, 15) is 24.3 Å². The van der Waals surface area contributed by atoms with Crippen molar-refractivity contribution in [2.45, 2.75) is 118 Å². The van der Waals surface area contributed by atoms with Crippen molar-refractivity contribution in [1.29, 1.82) is 0 Å². The Morgan fingerprint density at radius 1 is 0.250 bits per heavy atom. The van der Waals surface area contributed by atoms with Crippen LogP contribution in [0.3, 0.4) is 0 Å². The van der Waals surface area contributed by atoms with E-state index in [0.29, 0.717) is 154 Å². The molecule has 0 heterocycles. The minimum Gasteiger partial charge on any atom is -0.741 e. The van der Waals surface area contributed by atoms with Crippen LogP contribution in [0.15, 0.2) is 300 Å². The number of amidine groups is 8. The largest absolute Gasteiger partial charge is 2.00 e. The van der Waals surface area contributed by atoms with Gasteiger partial charge in [-0.05, 0) is 147 Å². The molecule has 0 aliphatic rings. The average molecular weight is 2290 g/mol. The number of hydrogen-bond acceptors (Lipinski definition) is 28. The molecule has 31 nitrogen and oxygen atoms in total. The van der Waals surface area contributed by atoms with Crippen LogP contribution in [0.4, 0.5) is 5.69 Å². The quantitative estimate of drug-likeness (QED) is 0.00802. The number of anilines is 1. The Morgan fingerprint density at radius 2 is 0.403 bits per heavy atom. The SMILES string of the molecule is CCN(CC)C([S-])=NN=C(C(=NN=C([S-])N(CC)CC)c1ccc(C(=O)O)cc1)c1ccccc1.CCN(CC)C([S-])=NN=C(C(=NN=C([S-])N(CC)CC)c1ccc(C(N)=O)cc1)c1ccccc1.CCN(CC)C([S-])=NN=C(C(=NN=C([S-])N(CC)CC)c1ccc(C=O)cc1)c1ccccc1.CCN(CC)C([S-])=NN=C(C(=NN=C([S-])N(CC)CC)c1ccc(NC(C)=O)cc1)c1ccccc1.[Cu+2].[Cu+2].[Cu+2].[Cu+2]. The number of carboxylic acid groups (broad SMARTS) is 1. The van der Waals surface area contributed by atoms with Crippen molar-refractivity contribution < 1.29 is 92.6 Å². The molecule has 0 aromatic heterocycles. The Labute approximate surface area is 935 Å². The number of carbonyl (C=O) groups is 4. The molecule has 0 unspecified atom stereocenters. The van der Waals surface area contributed by atoms with E-state index < -0.39 is 11.9 Å². The maximum atomic E-state index is 11.6. The monoisotopic (exact) mass is 2290 g/mol. The Balaban J connectivity index is 0.000000951. The van der Waals surface area contributed by atoms with Gasteiger partial charge in [-0.2, -0.15) is 40.8 Å². The standard InChI is InChI=1S/C26H35N7OS2.C25H33N7OS2.C25H32N6O2S2.C25H32N6OS2.4Cu/c1-6-32(7-2)25(35)30-28-23(20-13-11-10-12-14-20)24(29-31-26(36)33(8-3)9-4)21-15-17-22(18-16-21)27-19(5)34;1-5-31(6-2)24(34)29-27-21(18-12-10-9-11-13-18)22(28-30-25(35)32(7-3)8-4)19-14-16-20(17-15-19)23(26)33;1-5-30(6-2)24(34)28-26-21(18-12-10-9-11-13-18)22(27-29-25(35)31(7-3)8-4)19-14-16-20(17-15-19)23(32)33;1-5-30(6-2)24(33)28-26-22(20-12-10-9-11-13-20)23(21-16-14-19(18-32)15-17-21)27-29-25(34)31(7-3)8-4;;;;/h10-18H,6-9H2,1-5H3,(H,27,34)(H,30,35)(H,31,36);9-17H,5-8H2,1-4H3,(H2,26,33)(H,29,34)(H,30,35);9-17H,5-8H2,1-4H3,(H,28,34)(H,29,35)(H,32,33);9-18H,5-8H2,1-4H3,(H,28,33)(H,29,34);;;;/q;;;;4*+2/p-8. The Bertz CT molecular complexity index is 5580. The number of primary amides is 1. The fourth-order valence-corrected chi connectivity index (χ4v) is 15.1. The molecule has 144 heavy (non-hydrogen) atoms. The van der Waals surface area contributed by atoms with Gasteiger partial charge in [0.1, 0.15) is 52.0 Å². The summed E-state index contributed by atoms with van der Waals surface area (Å²) in [5.74, 6) is -1.68. The molecule has 43 heteroatoms. The minimum absolute atomic E-state index is 0. The third-order valence-corrected chi connectivity index (χ3v) is 23.6. The molecule has 8 aromatic carbocycles. The van der Waals surface area contributed by atoms with Gasteiger partial charge >= 0.3 is 74.2 Å². The summed E-state index contributed by atoms with van der Waals surface area (Å²) in [6.45, 7) is 45.1. The van der Waals surface area contributed by atoms with Crippen LogP contribution in [-0.2, 0) is 174 Å². The van der Waals surface area contributed by atoms with Gasteiger partial charge in [0.15, 0.2) is 0 Å². The number of aldehydes is 1. The fourth-order valence-electron chi connectivity index (χ4n) is 12.7. The van der Waals surface area contributed by atoms with E-state index in [1.807, 2.05) is 283 Å². The number of nitrogens with one attached hydrogen (secondary N) is 1. The van der Waals surface area contributed by atoms with E-state index in [-0.39, 0.29) is 79.7 Å². The first kappa shape index (κ1) is 131. The number of aromatic carboxylic acids is 1. The summed E-state index contributed by atoms with van der Waals surface area (Å²) in [5.41, 5.74) is 16.8. The maximum Gasteiger partial charge on any atom is 2.00 e. The summed E-state index contributed by atoms with van der Waals surface area (Å²) < 4.78 is 0. The topological polar surface area (TPSA) is 350 Å². The van der Waals surface area contributed by atoms with E-state index in [2.05, 4.69) is 86.9 Å². The minimum atomic E-state index is -1.01. The van der Waals surface area contributed by atoms with Gasteiger partial charge in [0.2, 0.25) is 11.8 Å². The van der Waals surface area contributed by atoms with Gasteiger partial charge in [-0.3, -0.25) is 14.4 Å². The van der Waals surface area contributed by atoms with Gasteiger partial charge in [0.05, 0.1) is 5.56 Å². The molecule has 8 rings (SSSR count). The van der Waals surface area contributed by atoms with Crippen molar-refractivity contribution in [3.63, 3.8) is 0 Å². The van der Waals surface area contributed by atoms with Crippen LogP contribution in [0.25, 0.3) is 0 Å². The van der Waals surface area contributed by atoms with Gasteiger partial charge in [-0.1, -0.05) is 182 Å². The summed E-state index contributed by atoms with van der Waals surface area (Å²) in [5, 5.41) is 86.0. The van der Waals surface area contributed by atoms with Crippen LogP contribution in [0.2, 0.25) is 0 Å². The smallest absolute Gasteiger partial charge is 0.741 e. The van der Waals surface area contributed by atoms with E-state index in [0.717, 1.165) is 105 Å². The van der Waals surface area contributed by atoms with Crippen LogP contribution in [-0.4, -0.2) is 260 Å². The molecule has 4 N–H and O–H groups in total. The molecular formula is C101H124Cu4N26O5S8. The summed E-state index contributed by atoms with van der Waals surface area (Å²) in [4.78, 5) is 61.0. The Hall–Kier alpha value is -11.2. The van der Waals surface area contributed by atoms with Crippen LogP contribution in [0.1, 0.15) is 193 Å². The van der Waals surface area contributed by atoms with Crippen molar-refractivity contribution in [3.05, 3.63) is 280 Å². The summed E-state index contributed by atoms with van der Waals surface area (Å²) >= 11 is 43.8. The average Bonchev–Trinajstić information content (AvgIpc) is 0.823. The molecule has 0 atom stereocenters. The van der Waals surface area contributed by atoms with Crippen LogP contribution in [0.5, 0.6) is 0 Å². The predicted molar refractivity (Wildman–Crippen MR) is 601 cm³/mol. The van der Waals surface area contributed by atoms with Gasteiger partial charge in [0, 0.05) is 214 Å². The number of carboxylic acids is 1. The second-order valence-corrected chi connectivity index (χ2v) is 32.2. The van der Waals surface area contributed by atoms with E-state index >= 15 is 0 Å². The number of benzene rings is 8.